The predicted molar refractivity (Wildman–Crippen MR) is 66.1 cm³/mol. The lowest BCUT2D eigenvalue weighted by molar-refractivity contribution is -0.124. The van der Waals surface area contributed by atoms with E-state index in [1.165, 1.54) is 0 Å². The summed E-state index contributed by atoms with van der Waals surface area (Å²) in [5.41, 5.74) is 12.5. The minimum absolute atomic E-state index is 0.348. The van der Waals surface area contributed by atoms with Crippen LogP contribution in [0.25, 0.3) is 0 Å². The van der Waals surface area contributed by atoms with Crippen LogP contribution in [-0.2, 0) is 11.3 Å². The highest BCUT2D eigenvalue weighted by Gasteiger charge is 2.15. The summed E-state index contributed by atoms with van der Waals surface area (Å²) in [4.78, 5) is 10.9. The van der Waals surface area contributed by atoms with E-state index in [0.717, 1.165) is 15.6 Å². The highest BCUT2D eigenvalue weighted by molar-refractivity contribution is 9.10. The zero-order valence-electron chi connectivity index (χ0n) is 9.29. The number of ether oxygens (including phenoxy) is 1. The van der Waals surface area contributed by atoms with Gasteiger partial charge < -0.3 is 16.2 Å². The Morgan fingerprint density at radius 2 is 2.19 bits per heavy atom. The molecule has 0 saturated heterocycles. The van der Waals surface area contributed by atoms with Crippen LogP contribution in [-0.4, -0.2) is 12.0 Å². The number of rotatable bonds is 4. The maximum atomic E-state index is 10.9. The molecule has 0 aliphatic carbocycles. The molecule has 4 nitrogen and oxygen atoms in total. The van der Waals surface area contributed by atoms with Crippen molar-refractivity contribution in [1.82, 2.24) is 0 Å². The van der Waals surface area contributed by atoms with Crippen molar-refractivity contribution in [2.24, 2.45) is 11.5 Å². The first kappa shape index (κ1) is 13.0. The minimum atomic E-state index is -0.662. The summed E-state index contributed by atoms with van der Waals surface area (Å²) in [7, 11) is 0. The number of halogens is 1. The second-order valence-corrected chi connectivity index (χ2v) is 4.49. The molecule has 5 heteroatoms. The van der Waals surface area contributed by atoms with Crippen LogP contribution in [0.4, 0.5) is 0 Å². The zero-order valence-corrected chi connectivity index (χ0v) is 10.9. The summed E-state index contributed by atoms with van der Waals surface area (Å²) >= 11 is 3.38. The van der Waals surface area contributed by atoms with Crippen LogP contribution in [0.1, 0.15) is 18.1 Å². The van der Waals surface area contributed by atoms with Gasteiger partial charge in [0.1, 0.15) is 5.75 Å². The van der Waals surface area contributed by atoms with Gasteiger partial charge >= 0.3 is 0 Å². The van der Waals surface area contributed by atoms with Gasteiger partial charge in [-0.1, -0.05) is 15.9 Å². The SMILES string of the molecule is Cc1cc(Br)cc(CN)c1OC(C)C(N)=O. The Morgan fingerprint density at radius 3 is 2.69 bits per heavy atom. The van der Waals surface area contributed by atoms with Gasteiger partial charge in [-0.2, -0.15) is 0 Å². The molecule has 1 atom stereocenters. The molecule has 0 spiro atoms. The van der Waals surface area contributed by atoms with E-state index < -0.39 is 12.0 Å². The summed E-state index contributed by atoms with van der Waals surface area (Å²) in [5, 5.41) is 0. The Balaban J connectivity index is 3.07. The predicted octanol–water partition coefficient (Wildman–Crippen LogP) is 1.47. The van der Waals surface area contributed by atoms with Crippen molar-refractivity contribution in [3.8, 4) is 5.75 Å². The number of carbonyl (C=O) groups excluding carboxylic acids is 1. The third-order valence-electron chi connectivity index (χ3n) is 2.23. The standard InChI is InChI=1S/C11H15BrN2O2/c1-6-3-9(12)4-8(5-13)10(6)16-7(2)11(14)15/h3-4,7H,5,13H2,1-2H3,(H2,14,15). The van der Waals surface area contributed by atoms with Crippen molar-refractivity contribution in [3.63, 3.8) is 0 Å². The van der Waals surface area contributed by atoms with Gasteiger partial charge in [-0.05, 0) is 31.5 Å². The Kier molecular flexibility index (Phi) is 4.32. The number of hydrogen-bond donors (Lipinski definition) is 2. The molecule has 0 aliphatic heterocycles. The van der Waals surface area contributed by atoms with Gasteiger partial charge in [0.05, 0.1) is 0 Å². The second-order valence-electron chi connectivity index (χ2n) is 3.58. The highest BCUT2D eigenvalue weighted by atomic mass is 79.9. The largest absolute Gasteiger partial charge is 0.480 e. The number of hydrogen-bond acceptors (Lipinski definition) is 3. The molecule has 0 aliphatic rings. The van der Waals surface area contributed by atoms with Gasteiger partial charge in [-0.3, -0.25) is 4.79 Å². The number of primary amides is 1. The fourth-order valence-electron chi connectivity index (χ4n) is 1.35. The summed E-state index contributed by atoms with van der Waals surface area (Å²) in [5.74, 6) is 0.141. The molecule has 88 valence electrons. The van der Waals surface area contributed by atoms with Crippen molar-refractivity contribution in [2.75, 3.05) is 0 Å². The van der Waals surface area contributed by atoms with E-state index in [9.17, 15) is 4.79 Å². The van der Waals surface area contributed by atoms with Crippen LogP contribution >= 0.6 is 15.9 Å². The summed E-state index contributed by atoms with van der Waals surface area (Å²) in [6.45, 7) is 3.86. The monoisotopic (exact) mass is 286 g/mol. The molecule has 0 heterocycles. The van der Waals surface area contributed by atoms with E-state index in [1.807, 2.05) is 19.1 Å². The molecular weight excluding hydrogens is 272 g/mol. The average molecular weight is 287 g/mol. The van der Waals surface area contributed by atoms with E-state index >= 15 is 0 Å². The maximum Gasteiger partial charge on any atom is 0.258 e. The number of amides is 1. The first-order valence-corrected chi connectivity index (χ1v) is 5.70. The number of nitrogens with two attached hydrogens (primary N) is 2. The Labute approximate surface area is 103 Å². The molecule has 4 N–H and O–H groups in total. The van der Waals surface area contributed by atoms with Crippen LogP contribution in [0.5, 0.6) is 5.75 Å². The molecule has 0 aromatic heterocycles. The summed E-state index contributed by atoms with van der Waals surface area (Å²) in [6.07, 6.45) is -0.662. The summed E-state index contributed by atoms with van der Waals surface area (Å²) < 4.78 is 6.44. The normalized spacial score (nSPS) is 12.2. The van der Waals surface area contributed by atoms with Gasteiger partial charge in [0.15, 0.2) is 6.10 Å². The molecule has 1 aromatic carbocycles. The number of carbonyl (C=O) groups is 1. The lowest BCUT2D eigenvalue weighted by atomic mass is 10.1. The first-order valence-electron chi connectivity index (χ1n) is 4.90. The fourth-order valence-corrected chi connectivity index (χ4v) is 1.97. The Hall–Kier alpha value is -1.07. The molecular formula is C11H15BrN2O2. The zero-order chi connectivity index (χ0) is 12.3. The first-order chi connectivity index (χ1) is 7.45. The molecule has 0 fully saturated rings. The van der Waals surface area contributed by atoms with Crippen LogP contribution in [0, 0.1) is 6.92 Å². The Bertz CT molecular complexity index is 407. The van der Waals surface area contributed by atoms with Crippen molar-refractivity contribution >= 4 is 21.8 Å². The van der Waals surface area contributed by atoms with E-state index in [-0.39, 0.29) is 0 Å². The minimum Gasteiger partial charge on any atom is -0.480 e. The maximum absolute atomic E-state index is 10.9. The Morgan fingerprint density at radius 1 is 1.56 bits per heavy atom. The van der Waals surface area contributed by atoms with Crippen LogP contribution in [0.3, 0.4) is 0 Å². The van der Waals surface area contributed by atoms with Gasteiger partial charge in [0, 0.05) is 16.6 Å². The summed E-state index contributed by atoms with van der Waals surface area (Å²) in [6, 6.07) is 3.78. The topological polar surface area (TPSA) is 78.3 Å². The molecule has 0 radical (unpaired) electrons. The molecule has 1 rings (SSSR count). The highest BCUT2D eigenvalue weighted by Crippen LogP contribution is 2.28. The van der Waals surface area contributed by atoms with Crippen LogP contribution in [0.2, 0.25) is 0 Å². The molecule has 1 unspecified atom stereocenters. The average Bonchev–Trinajstić information content (AvgIpc) is 2.21. The quantitative estimate of drug-likeness (QED) is 0.880. The van der Waals surface area contributed by atoms with Crippen molar-refractivity contribution < 1.29 is 9.53 Å². The lowest BCUT2D eigenvalue weighted by Gasteiger charge is -2.17. The molecule has 1 amide bonds. The number of benzene rings is 1. The van der Waals surface area contributed by atoms with Crippen LogP contribution < -0.4 is 16.2 Å². The van der Waals surface area contributed by atoms with E-state index in [2.05, 4.69) is 15.9 Å². The second kappa shape index (κ2) is 5.32. The molecule has 0 saturated carbocycles. The third kappa shape index (κ3) is 2.96. The smallest absolute Gasteiger partial charge is 0.258 e. The fraction of sp³-hybridized carbons (Fsp3) is 0.364. The van der Waals surface area contributed by atoms with E-state index in [0.29, 0.717) is 12.3 Å². The van der Waals surface area contributed by atoms with E-state index in [1.54, 1.807) is 6.92 Å². The molecule has 1 aromatic rings. The van der Waals surface area contributed by atoms with Crippen LogP contribution in [0.15, 0.2) is 16.6 Å². The van der Waals surface area contributed by atoms with Crippen molar-refractivity contribution in [1.29, 1.82) is 0 Å². The van der Waals surface area contributed by atoms with Gasteiger partial charge in [-0.25, -0.2) is 0 Å². The lowest BCUT2D eigenvalue weighted by Crippen LogP contribution is -2.31. The van der Waals surface area contributed by atoms with Crippen molar-refractivity contribution in [3.05, 3.63) is 27.7 Å². The third-order valence-corrected chi connectivity index (χ3v) is 2.69. The number of aryl methyl sites for hydroxylation is 1. The van der Waals surface area contributed by atoms with Crippen molar-refractivity contribution in [2.45, 2.75) is 26.5 Å². The molecule has 0 bridgehead atoms. The molecule has 16 heavy (non-hydrogen) atoms. The van der Waals surface area contributed by atoms with Gasteiger partial charge in [-0.15, -0.1) is 0 Å². The van der Waals surface area contributed by atoms with Gasteiger partial charge in [0.2, 0.25) is 0 Å². The van der Waals surface area contributed by atoms with Gasteiger partial charge in [0.25, 0.3) is 5.91 Å². The van der Waals surface area contributed by atoms with E-state index in [4.69, 9.17) is 16.2 Å².